The second-order valence-corrected chi connectivity index (χ2v) is 13.1. The van der Waals surface area contributed by atoms with Crippen LogP contribution in [-0.4, -0.2) is 52.6 Å². The lowest BCUT2D eigenvalue weighted by Crippen LogP contribution is -2.42. The molecule has 0 spiro atoms. The monoisotopic (exact) mass is 824 g/mol. The lowest BCUT2D eigenvalue weighted by atomic mass is 9.85. The van der Waals surface area contributed by atoms with E-state index in [4.69, 9.17) is 14.6 Å². The van der Waals surface area contributed by atoms with Crippen molar-refractivity contribution in [3.05, 3.63) is 104 Å². The van der Waals surface area contributed by atoms with Gasteiger partial charge in [-0.2, -0.15) is 26.3 Å². The zero-order chi connectivity index (χ0) is 44.9. The number of rotatable bonds is 6. The van der Waals surface area contributed by atoms with Crippen LogP contribution in [0.5, 0.6) is 11.5 Å². The van der Waals surface area contributed by atoms with Gasteiger partial charge in [0.2, 0.25) is 11.2 Å². The fraction of sp³-hybridized carbons (Fsp3) is 0.422. The van der Waals surface area contributed by atoms with Crippen LogP contribution in [0.15, 0.2) is 48.5 Å². The molecular weight excluding hydrogens is 766 g/mol. The molecule has 58 heavy (non-hydrogen) atoms. The molecule has 0 amide bonds. The molecule has 13 heteroatoms. The predicted octanol–water partition coefficient (Wildman–Crippen LogP) is 11.5. The van der Waals surface area contributed by atoms with Gasteiger partial charge in [0.1, 0.15) is 18.1 Å². The summed E-state index contributed by atoms with van der Waals surface area (Å²) in [5.74, 6) is -1.21. The molecule has 0 heterocycles. The van der Waals surface area contributed by atoms with Crippen molar-refractivity contribution in [2.75, 3.05) is 13.2 Å². The Hall–Kier alpha value is -4.88. The summed E-state index contributed by atoms with van der Waals surface area (Å²) in [5.41, 5.74) is -3.26. The molecule has 320 valence electrons. The highest BCUT2D eigenvalue weighted by Gasteiger charge is 2.63. The van der Waals surface area contributed by atoms with Gasteiger partial charge in [0.05, 0.1) is 0 Å². The van der Waals surface area contributed by atoms with Crippen LogP contribution in [0, 0.1) is 41.5 Å². The number of fused-ring (bicyclic) bond motifs is 6. The maximum Gasteiger partial charge on any atom is 0.425 e. The summed E-state index contributed by atoms with van der Waals surface area (Å²) in [5, 5.41) is 30.6. The van der Waals surface area contributed by atoms with E-state index in [1.54, 1.807) is 52.0 Å². The summed E-state index contributed by atoms with van der Waals surface area (Å²) >= 11 is 0. The molecule has 3 N–H and O–H groups in total. The van der Waals surface area contributed by atoms with Crippen molar-refractivity contribution >= 4 is 11.8 Å². The summed E-state index contributed by atoms with van der Waals surface area (Å²) < 4.78 is 94.7. The minimum atomic E-state index is -4.95. The normalized spacial score (nSPS) is 16.8. The molecule has 0 saturated carbocycles. The molecule has 4 aromatic carbocycles. The Bertz CT molecular complexity index is 1990. The number of ketones is 1. The Morgan fingerprint density at radius 2 is 0.879 bits per heavy atom. The van der Waals surface area contributed by atoms with Crippen LogP contribution in [0.4, 0.5) is 26.3 Å². The number of hydrogen-bond acceptors (Lipinski definition) is 6. The molecule has 7 nitrogen and oxygen atoms in total. The van der Waals surface area contributed by atoms with Crippen LogP contribution in [-0.2, 0) is 20.8 Å². The summed E-state index contributed by atoms with van der Waals surface area (Å²) in [6.07, 6.45) is -9.86. The average Bonchev–Trinajstić information content (AvgIpc) is 3.63. The Balaban J connectivity index is 0.000000516. The van der Waals surface area contributed by atoms with E-state index < -0.39 is 36.1 Å². The van der Waals surface area contributed by atoms with E-state index in [0.29, 0.717) is 44.5 Å². The molecule has 2 unspecified atom stereocenters. The van der Waals surface area contributed by atoms with Gasteiger partial charge < -0.3 is 24.8 Å². The van der Waals surface area contributed by atoms with Gasteiger partial charge in [0.25, 0.3) is 0 Å². The third kappa shape index (κ3) is 8.20. The number of ether oxygens (including phenoxy) is 2. The van der Waals surface area contributed by atoms with Crippen molar-refractivity contribution in [2.24, 2.45) is 0 Å². The molecular formula is C45H56F6O7. The molecule has 2 atom stereocenters. The molecule has 0 aromatic heterocycles. The van der Waals surface area contributed by atoms with E-state index in [0.717, 1.165) is 0 Å². The van der Waals surface area contributed by atoms with Gasteiger partial charge in [-0.15, -0.1) is 0 Å². The zero-order valence-corrected chi connectivity index (χ0v) is 35.3. The highest BCUT2D eigenvalue weighted by molar-refractivity contribution is 5.88. The van der Waals surface area contributed by atoms with Crippen LogP contribution in [0.2, 0.25) is 0 Å². The Morgan fingerprint density at radius 1 is 0.569 bits per heavy atom. The summed E-state index contributed by atoms with van der Waals surface area (Å²) in [7, 11) is 0. The molecule has 0 aliphatic heterocycles. The van der Waals surface area contributed by atoms with Crippen molar-refractivity contribution in [3.8, 4) is 33.8 Å². The first-order chi connectivity index (χ1) is 27.0. The Morgan fingerprint density at radius 3 is 1.17 bits per heavy atom. The smallest absolute Gasteiger partial charge is 0.425 e. The first-order valence-electron chi connectivity index (χ1n) is 19.1. The van der Waals surface area contributed by atoms with E-state index in [9.17, 15) is 46.1 Å². The second-order valence-electron chi connectivity index (χ2n) is 13.1. The van der Waals surface area contributed by atoms with Crippen molar-refractivity contribution in [1.82, 2.24) is 0 Å². The number of aliphatic hydroxyl groups is 2. The molecule has 6 rings (SSSR count). The van der Waals surface area contributed by atoms with Crippen molar-refractivity contribution in [1.29, 1.82) is 0 Å². The highest BCUT2D eigenvalue weighted by Crippen LogP contribution is 2.60. The fourth-order valence-corrected chi connectivity index (χ4v) is 7.47. The quantitative estimate of drug-likeness (QED) is 0.166. The topological polar surface area (TPSA) is 113 Å². The second kappa shape index (κ2) is 18.8. The van der Waals surface area contributed by atoms with E-state index in [-0.39, 0.29) is 58.7 Å². The van der Waals surface area contributed by atoms with Crippen molar-refractivity contribution in [3.63, 3.8) is 0 Å². The van der Waals surface area contributed by atoms with Gasteiger partial charge in [-0.1, -0.05) is 90.1 Å². The molecule has 0 fully saturated rings. The number of carboxylic acids is 1. The fourth-order valence-electron chi connectivity index (χ4n) is 7.47. The Labute approximate surface area is 338 Å². The van der Waals surface area contributed by atoms with Gasteiger partial charge in [-0.25, -0.2) is 4.79 Å². The van der Waals surface area contributed by atoms with Gasteiger partial charge in [0, 0.05) is 23.7 Å². The average molecular weight is 825 g/mol. The van der Waals surface area contributed by atoms with E-state index in [1.165, 1.54) is 45.0 Å². The first-order valence-corrected chi connectivity index (χ1v) is 19.1. The van der Waals surface area contributed by atoms with Crippen LogP contribution < -0.4 is 9.47 Å². The van der Waals surface area contributed by atoms with Gasteiger partial charge in [-0.05, 0) is 104 Å². The maximum atomic E-state index is 14.0. The number of hydrogen-bond donors (Lipinski definition) is 3. The maximum absolute atomic E-state index is 14.0. The number of Topliss-reactive ketones (excluding diaryl/α,β-unsaturated/α-hetero) is 1. The van der Waals surface area contributed by atoms with Crippen molar-refractivity contribution < 1.29 is 62.2 Å². The summed E-state index contributed by atoms with van der Waals surface area (Å²) in [6.45, 7) is 22.1. The minimum Gasteiger partial charge on any atom is -0.485 e. The molecule has 2 aliphatic rings. The highest BCUT2D eigenvalue weighted by atomic mass is 19.4. The number of carbonyl (C=O) groups is 2. The van der Waals surface area contributed by atoms with E-state index in [2.05, 4.69) is 0 Å². The van der Waals surface area contributed by atoms with Crippen LogP contribution in [0.3, 0.4) is 0 Å². The lowest BCUT2D eigenvalue weighted by Gasteiger charge is -2.30. The van der Waals surface area contributed by atoms with Crippen LogP contribution >= 0.6 is 0 Å². The molecule has 0 radical (unpaired) electrons. The molecule has 2 aliphatic carbocycles. The predicted molar refractivity (Wildman–Crippen MR) is 216 cm³/mol. The number of carboxylic acid groups (broad SMARTS) is 1. The number of benzene rings is 4. The molecule has 0 bridgehead atoms. The number of alkyl halides is 6. The summed E-state index contributed by atoms with van der Waals surface area (Å²) in [6, 6.07) is 11.9. The first kappa shape index (κ1) is 49.3. The number of halogens is 6. The third-order valence-corrected chi connectivity index (χ3v) is 9.96. The van der Waals surface area contributed by atoms with Crippen LogP contribution in [0.25, 0.3) is 22.3 Å². The van der Waals surface area contributed by atoms with E-state index >= 15 is 0 Å². The van der Waals surface area contributed by atoms with Gasteiger partial charge in [-0.3, -0.25) is 4.79 Å². The molecule has 0 saturated heterocycles. The van der Waals surface area contributed by atoms with Gasteiger partial charge in [0.15, 0.2) is 12.4 Å². The third-order valence-electron chi connectivity index (χ3n) is 9.96. The lowest BCUT2D eigenvalue weighted by molar-refractivity contribution is -0.247. The number of aliphatic carboxylic acids is 1. The standard InChI is InChI=1S/C20H19F3O3.C19H17F3O4.3C2H6.H2/c1-10(24)9-26-18-12(3)11(2)16-14-7-5-6-8-15(14)19(25,20(21,22)23)17(16)13(18)4;1-9-10(2)17(26-8-14(23)24)11(3)16-15(9)12-6-4-5-7-13(12)18(16,25)19(20,21)22;3*1-2;/h5-8,25H,9H2,1-4H3;4-7,25H,8H2,1-3H3,(H,23,24);3*1-2H3;1H/i;;;;;1+2. The zero-order valence-electron chi connectivity index (χ0n) is 35.3. The van der Waals surface area contributed by atoms with E-state index in [1.807, 2.05) is 41.5 Å². The molecule has 4 aromatic rings. The number of carbonyl (C=O) groups excluding carboxylic acids is 1. The minimum absolute atomic E-state index is 0. The Kier molecular flexibility index (Phi) is 16.0. The van der Waals surface area contributed by atoms with Crippen molar-refractivity contribution in [2.45, 2.75) is 114 Å². The summed E-state index contributed by atoms with van der Waals surface area (Å²) in [4.78, 5) is 22.1. The van der Waals surface area contributed by atoms with Gasteiger partial charge >= 0.3 is 18.3 Å². The SMILES string of the molecule is CC.CC.CC.CC(=O)COc1c(C)c(C)c2c(c1C)C(O)(C(F)(F)F)c1ccccc1-2.Cc1c(C)c2c(c(C)c1OCC(=O)O)C(O)(C(F)(F)F)c1ccccc1-2.[3HH]. The largest absolute Gasteiger partial charge is 0.485 e. The van der Waals surface area contributed by atoms with Crippen LogP contribution in [0.1, 0.15) is 106 Å².